The van der Waals surface area contributed by atoms with E-state index in [0.29, 0.717) is 20.1 Å². The van der Waals surface area contributed by atoms with E-state index in [0.717, 1.165) is 17.7 Å². The van der Waals surface area contributed by atoms with Crippen LogP contribution in [0.25, 0.3) is 0 Å². The third kappa shape index (κ3) is 3.41. The Balaban J connectivity index is 2.56. The minimum atomic E-state index is -0.175. The van der Waals surface area contributed by atoms with E-state index in [2.05, 4.69) is 5.32 Å². The zero-order chi connectivity index (χ0) is 14.7. The van der Waals surface area contributed by atoms with Crippen molar-refractivity contribution in [3.8, 4) is 0 Å². The summed E-state index contributed by atoms with van der Waals surface area (Å²) in [5.41, 5.74) is 1.72. The quantitative estimate of drug-likeness (QED) is 0.714. The van der Waals surface area contributed by atoms with Crippen molar-refractivity contribution in [2.24, 2.45) is 0 Å². The third-order valence-electron chi connectivity index (χ3n) is 2.97. The second kappa shape index (κ2) is 7.02. The third-order valence-corrected chi connectivity index (χ3v) is 4.19. The predicted molar refractivity (Wildman–Crippen MR) is 88.4 cm³/mol. The molecule has 1 atom stereocenters. The fourth-order valence-electron chi connectivity index (χ4n) is 2.09. The van der Waals surface area contributed by atoms with E-state index < -0.39 is 0 Å². The van der Waals surface area contributed by atoms with Crippen molar-refractivity contribution in [3.63, 3.8) is 0 Å². The summed E-state index contributed by atoms with van der Waals surface area (Å²) < 4.78 is 0. The van der Waals surface area contributed by atoms with Crippen LogP contribution >= 0.6 is 46.4 Å². The molecule has 20 heavy (non-hydrogen) atoms. The van der Waals surface area contributed by atoms with Gasteiger partial charge in [-0.15, -0.1) is 0 Å². The minimum absolute atomic E-state index is 0.175. The Morgan fingerprint density at radius 3 is 2.15 bits per heavy atom. The number of benzene rings is 2. The molecule has 5 heteroatoms. The van der Waals surface area contributed by atoms with Crippen molar-refractivity contribution in [1.82, 2.24) is 5.32 Å². The second-order valence-electron chi connectivity index (χ2n) is 4.29. The SMILES string of the molecule is CCNC(c1ccc(Cl)cc1Cl)c1c(Cl)cccc1Cl. The molecule has 2 rings (SSSR count). The number of hydrogen-bond donors (Lipinski definition) is 1. The monoisotopic (exact) mass is 347 g/mol. The van der Waals surface area contributed by atoms with Gasteiger partial charge in [0.25, 0.3) is 0 Å². The van der Waals surface area contributed by atoms with Crippen LogP contribution in [0, 0.1) is 0 Å². The Kier molecular flexibility index (Phi) is 5.59. The normalized spacial score (nSPS) is 12.4. The van der Waals surface area contributed by atoms with Crippen LogP contribution in [-0.4, -0.2) is 6.54 Å². The first-order chi connectivity index (χ1) is 9.54. The number of hydrogen-bond acceptors (Lipinski definition) is 1. The molecule has 2 aromatic carbocycles. The van der Waals surface area contributed by atoms with Crippen LogP contribution in [0.1, 0.15) is 24.1 Å². The highest BCUT2D eigenvalue weighted by Gasteiger charge is 2.21. The zero-order valence-electron chi connectivity index (χ0n) is 10.8. The number of nitrogens with one attached hydrogen (secondary N) is 1. The lowest BCUT2D eigenvalue weighted by molar-refractivity contribution is 0.631. The molecule has 2 aromatic rings. The maximum absolute atomic E-state index is 6.30. The smallest absolute Gasteiger partial charge is 0.0621 e. The van der Waals surface area contributed by atoms with Crippen LogP contribution in [0.2, 0.25) is 20.1 Å². The first-order valence-corrected chi connectivity index (χ1v) is 7.68. The van der Waals surface area contributed by atoms with E-state index in [1.807, 2.05) is 31.2 Å². The first kappa shape index (κ1) is 15.9. The molecule has 1 unspecified atom stereocenters. The van der Waals surface area contributed by atoms with Gasteiger partial charge in [-0.1, -0.05) is 65.5 Å². The zero-order valence-corrected chi connectivity index (χ0v) is 13.8. The topological polar surface area (TPSA) is 12.0 Å². The Bertz CT molecular complexity index is 593. The summed E-state index contributed by atoms with van der Waals surface area (Å²) in [4.78, 5) is 0. The van der Waals surface area contributed by atoms with Crippen LogP contribution in [0.15, 0.2) is 36.4 Å². The molecule has 0 aliphatic rings. The Morgan fingerprint density at radius 2 is 1.60 bits per heavy atom. The van der Waals surface area contributed by atoms with Crippen molar-refractivity contribution in [1.29, 1.82) is 0 Å². The van der Waals surface area contributed by atoms with Crippen molar-refractivity contribution in [2.75, 3.05) is 6.54 Å². The highest BCUT2D eigenvalue weighted by molar-refractivity contribution is 6.36. The molecule has 0 saturated carbocycles. The highest BCUT2D eigenvalue weighted by Crippen LogP contribution is 2.37. The second-order valence-corrected chi connectivity index (χ2v) is 5.95. The standard InChI is InChI=1S/C15H13Cl4N/c1-2-20-15(10-7-6-9(16)8-13(10)19)14-11(17)4-3-5-12(14)18/h3-8,15,20H,2H2,1H3. The average molecular weight is 349 g/mol. The minimum Gasteiger partial charge on any atom is -0.306 e. The molecule has 0 aromatic heterocycles. The van der Waals surface area contributed by atoms with Crippen molar-refractivity contribution in [3.05, 3.63) is 67.6 Å². The summed E-state index contributed by atoms with van der Waals surface area (Å²) in [6.07, 6.45) is 0. The molecule has 0 bridgehead atoms. The van der Waals surface area contributed by atoms with Gasteiger partial charge < -0.3 is 5.32 Å². The van der Waals surface area contributed by atoms with Crippen LogP contribution in [-0.2, 0) is 0 Å². The largest absolute Gasteiger partial charge is 0.306 e. The lowest BCUT2D eigenvalue weighted by Crippen LogP contribution is -2.23. The van der Waals surface area contributed by atoms with E-state index in [1.54, 1.807) is 12.1 Å². The number of rotatable bonds is 4. The predicted octanol–water partition coefficient (Wildman–Crippen LogP) is 6.00. The highest BCUT2D eigenvalue weighted by atomic mass is 35.5. The van der Waals surface area contributed by atoms with Gasteiger partial charge in [0.15, 0.2) is 0 Å². The van der Waals surface area contributed by atoms with Crippen molar-refractivity contribution in [2.45, 2.75) is 13.0 Å². The van der Waals surface area contributed by atoms with E-state index >= 15 is 0 Å². The fourth-order valence-corrected chi connectivity index (χ4v) is 3.23. The summed E-state index contributed by atoms with van der Waals surface area (Å²) in [5.74, 6) is 0. The van der Waals surface area contributed by atoms with Gasteiger partial charge in [0, 0.05) is 25.7 Å². The van der Waals surface area contributed by atoms with Gasteiger partial charge in [-0.05, 0) is 36.4 Å². The summed E-state index contributed by atoms with van der Waals surface area (Å²) in [6.45, 7) is 2.77. The molecular weight excluding hydrogens is 336 g/mol. The Morgan fingerprint density at radius 1 is 0.950 bits per heavy atom. The van der Waals surface area contributed by atoms with Crippen molar-refractivity contribution < 1.29 is 0 Å². The van der Waals surface area contributed by atoms with E-state index in [9.17, 15) is 0 Å². The van der Waals surface area contributed by atoms with Crippen LogP contribution in [0.4, 0.5) is 0 Å². The van der Waals surface area contributed by atoms with Crippen LogP contribution in [0.3, 0.4) is 0 Å². The van der Waals surface area contributed by atoms with Gasteiger partial charge >= 0.3 is 0 Å². The summed E-state index contributed by atoms with van der Waals surface area (Å²) >= 11 is 24.9. The maximum atomic E-state index is 6.30. The van der Waals surface area contributed by atoms with E-state index in [-0.39, 0.29) is 6.04 Å². The molecule has 0 aliphatic carbocycles. The van der Waals surface area contributed by atoms with Gasteiger partial charge in [0.1, 0.15) is 0 Å². The first-order valence-electron chi connectivity index (χ1n) is 6.16. The summed E-state index contributed by atoms with van der Waals surface area (Å²) in [6, 6.07) is 10.7. The van der Waals surface area contributed by atoms with Gasteiger partial charge in [-0.2, -0.15) is 0 Å². The van der Waals surface area contributed by atoms with Gasteiger partial charge in [-0.25, -0.2) is 0 Å². The Hall–Kier alpha value is -0.440. The molecule has 0 spiro atoms. The van der Waals surface area contributed by atoms with Gasteiger partial charge in [-0.3, -0.25) is 0 Å². The fraction of sp³-hybridized carbons (Fsp3) is 0.200. The van der Waals surface area contributed by atoms with Crippen LogP contribution < -0.4 is 5.32 Å². The lowest BCUT2D eigenvalue weighted by Gasteiger charge is -2.22. The van der Waals surface area contributed by atoms with Gasteiger partial charge in [0.2, 0.25) is 0 Å². The molecule has 0 saturated heterocycles. The molecule has 0 fully saturated rings. The summed E-state index contributed by atoms with van der Waals surface area (Å²) in [7, 11) is 0. The molecular formula is C15H13Cl4N. The molecule has 1 nitrogen and oxygen atoms in total. The molecule has 0 aliphatic heterocycles. The van der Waals surface area contributed by atoms with E-state index in [1.165, 1.54) is 0 Å². The maximum Gasteiger partial charge on any atom is 0.0621 e. The average Bonchev–Trinajstić information content (AvgIpc) is 2.38. The summed E-state index contributed by atoms with van der Waals surface area (Å²) in [5, 5.41) is 5.75. The lowest BCUT2D eigenvalue weighted by atomic mass is 9.98. The van der Waals surface area contributed by atoms with Crippen LogP contribution in [0.5, 0.6) is 0 Å². The molecule has 106 valence electrons. The molecule has 0 amide bonds. The molecule has 0 heterocycles. The number of halogens is 4. The molecule has 1 N–H and O–H groups in total. The van der Waals surface area contributed by atoms with Crippen molar-refractivity contribution >= 4 is 46.4 Å². The molecule has 0 radical (unpaired) electrons. The Labute approximate surface area is 138 Å². The van der Waals surface area contributed by atoms with E-state index in [4.69, 9.17) is 46.4 Å². The van der Waals surface area contributed by atoms with Gasteiger partial charge in [0.05, 0.1) is 6.04 Å².